The Labute approximate surface area is 155 Å². The van der Waals surface area contributed by atoms with Gasteiger partial charge in [0, 0.05) is 37.5 Å². The molecule has 3 aromatic rings. The Kier molecular flexibility index (Phi) is 3.73. The summed E-state index contributed by atoms with van der Waals surface area (Å²) in [6, 6.07) is 4.93. The van der Waals surface area contributed by atoms with E-state index in [9.17, 15) is 9.18 Å². The zero-order chi connectivity index (χ0) is 18.5. The molecule has 5 rings (SSSR count). The summed E-state index contributed by atoms with van der Waals surface area (Å²) in [5.41, 5.74) is 0.739. The number of hydrogen-bond acceptors (Lipinski definition) is 5. The normalized spacial score (nSPS) is 18.4. The zero-order valence-electron chi connectivity index (χ0n) is 15.2. The standard InChI is InChI=1S/C19H21FN6O/c1-24-19(27)26(14-3-4-14)17(23-24)12-6-8-25(9-7-12)18-15-10-13(20)2-5-16(15)21-11-22-18/h2,5,10-12,14H,3-4,6-9H2,1H3. The number of rotatable bonds is 3. The topological polar surface area (TPSA) is 68.8 Å². The fraction of sp³-hybridized carbons (Fsp3) is 0.474. The predicted octanol–water partition coefficient (Wildman–Crippen LogP) is 2.38. The minimum atomic E-state index is -0.282. The fourth-order valence-corrected chi connectivity index (χ4v) is 4.07. The van der Waals surface area contributed by atoms with E-state index >= 15 is 0 Å². The van der Waals surface area contributed by atoms with Crippen LogP contribution in [0.15, 0.2) is 29.3 Å². The van der Waals surface area contributed by atoms with Crippen molar-refractivity contribution in [2.24, 2.45) is 7.05 Å². The van der Waals surface area contributed by atoms with Crippen LogP contribution >= 0.6 is 0 Å². The average Bonchev–Trinajstić information content (AvgIpc) is 3.47. The first-order valence-electron chi connectivity index (χ1n) is 9.42. The van der Waals surface area contributed by atoms with Gasteiger partial charge in [0.1, 0.15) is 23.8 Å². The Morgan fingerprint density at radius 3 is 2.63 bits per heavy atom. The highest BCUT2D eigenvalue weighted by molar-refractivity contribution is 5.89. The maximum Gasteiger partial charge on any atom is 0.345 e. The van der Waals surface area contributed by atoms with Crippen LogP contribution in [0.2, 0.25) is 0 Å². The van der Waals surface area contributed by atoms with E-state index in [0.717, 1.165) is 61.3 Å². The second-order valence-corrected chi connectivity index (χ2v) is 7.49. The lowest BCUT2D eigenvalue weighted by Crippen LogP contribution is -2.35. The molecule has 2 aliphatic rings. The minimum Gasteiger partial charge on any atom is -0.356 e. The van der Waals surface area contributed by atoms with Gasteiger partial charge in [-0.15, -0.1) is 0 Å². The molecule has 0 spiro atoms. The van der Waals surface area contributed by atoms with Crippen molar-refractivity contribution >= 4 is 16.7 Å². The van der Waals surface area contributed by atoms with Crippen molar-refractivity contribution in [3.63, 3.8) is 0 Å². The predicted molar refractivity (Wildman–Crippen MR) is 99.4 cm³/mol. The molecule has 0 N–H and O–H groups in total. The van der Waals surface area contributed by atoms with Crippen molar-refractivity contribution in [1.82, 2.24) is 24.3 Å². The van der Waals surface area contributed by atoms with E-state index in [1.807, 2.05) is 4.57 Å². The maximum absolute atomic E-state index is 13.7. The number of piperidine rings is 1. The summed E-state index contributed by atoms with van der Waals surface area (Å²) in [5, 5.41) is 5.27. The molecular weight excluding hydrogens is 347 g/mol. The minimum absolute atomic E-state index is 0.00722. The highest BCUT2D eigenvalue weighted by Gasteiger charge is 2.33. The van der Waals surface area contributed by atoms with E-state index < -0.39 is 0 Å². The Hall–Kier alpha value is -2.77. The lowest BCUT2D eigenvalue weighted by molar-refractivity contribution is 0.461. The summed E-state index contributed by atoms with van der Waals surface area (Å²) in [7, 11) is 1.72. The second-order valence-electron chi connectivity index (χ2n) is 7.49. The van der Waals surface area contributed by atoms with Crippen LogP contribution in [-0.4, -0.2) is 37.4 Å². The third kappa shape index (κ3) is 2.79. The molecule has 2 aromatic heterocycles. The number of fused-ring (bicyclic) bond motifs is 1. The van der Waals surface area contributed by atoms with Gasteiger partial charge in [-0.2, -0.15) is 5.10 Å². The molecule has 1 aliphatic heterocycles. The third-order valence-corrected chi connectivity index (χ3v) is 5.63. The molecule has 7 nitrogen and oxygen atoms in total. The molecule has 0 bridgehead atoms. The second kappa shape index (κ2) is 6.14. The lowest BCUT2D eigenvalue weighted by atomic mass is 9.95. The van der Waals surface area contributed by atoms with Gasteiger partial charge < -0.3 is 4.90 Å². The van der Waals surface area contributed by atoms with Gasteiger partial charge >= 0.3 is 5.69 Å². The fourth-order valence-electron chi connectivity index (χ4n) is 4.07. The Balaban J connectivity index is 1.41. The largest absolute Gasteiger partial charge is 0.356 e. The first-order chi connectivity index (χ1) is 13.1. The molecule has 0 radical (unpaired) electrons. The van der Waals surface area contributed by atoms with Gasteiger partial charge in [-0.25, -0.2) is 23.8 Å². The van der Waals surface area contributed by atoms with Crippen LogP contribution < -0.4 is 10.6 Å². The van der Waals surface area contributed by atoms with Gasteiger partial charge in [0.15, 0.2) is 0 Å². The van der Waals surface area contributed by atoms with Crippen LogP contribution in [0.25, 0.3) is 10.9 Å². The molecule has 8 heteroatoms. The molecule has 1 aliphatic carbocycles. The van der Waals surface area contributed by atoms with E-state index in [4.69, 9.17) is 0 Å². The molecule has 27 heavy (non-hydrogen) atoms. The molecule has 140 valence electrons. The van der Waals surface area contributed by atoms with Gasteiger partial charge in [0.25, 0.3) is 0 Å². The number of aromatic nitrogens is 5. The maximum atomic E-state index is 13.7. The highest BCUT2D eigenvalue weighted by atomic mass is 19.1. The van der Waals surface area contributed by atoms with Crippen LogP contribution in [-0.2, 0) is 7.05 Å². The zero-order valence-corrected chi connectivity index (χ0v) is 15.2. The van der Waals surface area contributed by atoms with Crippen molar-refractivity contribution in [2.75, 3.05) is 18.0 Å². The van der Waals surface area contributed by atoms with Gasteiger partial charge in [-0.3, -0.25) is 4.57 Å². The number of benzene rings is 1. The van der Waals surface area contributed by atoms with E-state index in [1.54, 1.807) is 13.1 Å². The summed E-state index contributed by atoms with van der Waals surface area (Å²) in [5.74, 6) is 1.68. The Morgan fingerprint density at radius 2 is 1.89 bits per heavy atom. The lowest BCUT2D eigenvalue weighted by Gasteiger charge is -2.32. The molecule has 3 heterocycles. The van der Waals surface area contributed by atoms with E-state index in [-0.39, 0.29) is 17.4 Å². The molecule has 1 saturated heterocycles. The van der Waals surface area contributed by atoms with Gasteiger partial charge in [0.05, 0.1) is 5.52 Å². The quantitative estimate of drug-likeness (QED) is 0.710. The summed E-state index contributed by atoms with van der Waals surface area (Å²) in [6.07, 6.45) is 5.45. The van der Waals surface area contributed by atoms with Crippen molar-refractivity contribution in [3.05, 3.63) is 46.7 Å². The molecular formula is C19H21FN6O. The number of aryl methyl sites for hydroxylation is 1. The van der Waals surface area contributed by atoms with Gasteiger partial charge in [-0.1, -0.05) is 0 Å². The van der Waals surface area contributed by atoms with Crippen molar-refractivity contribution in [3.8, 4) is 0 Å². The summed E-state index contributed by atoms with van der Waals surface area (Å²) < 4.78 is 17.1. The van der Waals surface area contributed by atoms with Crippen LogP contribution in [0.4, 0.5) is 10.2 Å². The molecule has 1 saturated carbocycles. The first-order valence-corrected chi connectivity index (χ1v) is 9.42. The molecule has 0 atom stereocenters. The van der Waals surface area contributed by atoms with E-state index in [2.05, 4.69) is 20.0 Å². The Bertz CT molecular complexity index is 1060. The third-order valence-electron chi connectivity index (χ3n) is 5.63. The SMILES string of the molecule is Cn1nc(C2CCN(c3ncnc4ccc(F)cc34)CC2)n(C2CC2)c1=O. The van der Waals surface area contributed by atoms with Crippen LogP contribution in [0.3, 0.4) is 0 Å². The number of halogens is 1. The smallest absolute Gasteiger partial charge is 0.345 e. The summed E-state index contributed by atoms with van der Waals surface area (Å²) in [6.45, 7) is 1.59. The molecule has 0 unspecified atom stereocenters. The summed E-state index contributed by atoms with van der Waals surface area (Å²) in [4.78, 5) is 23.2. The van der Waals surface area contributed by atoms with Crippen LogP contribution in [0.1, 0.15) is 43.5 Å². The van der Waals surface area contributed by atoms with E-state index in [0.29, 0.717) is 6.04 Å². The Morgan fingerprint density at radius 1 is 1.11 bits per heavy atom. The number of nitrogens with zero attached hydrogens (tertiary/aromatic N) is 6. The number of hydrogen-bond donors (Lipinski definition) is 0. The number of anilines is 1. The van der Waals surface area contributed by atoms with Crippen molar-refractivity contribution in [2.45, 2.75) is 37.6 Å². The van der Waals surface area contributed by atoms with Crippen LogP contribution in [0, 0.1) is 5.82 Å². The highest BCUT2D eigenvalue weighted by Crippen LogP contribution is 2.38. The molecule has 1 aromatic carbocycles. The summed E-state index contributed by atoms with van der Waals surface area (Å²) >= 11 is 0. The van der Waals surface area contributed by atoms with Gasteiger partial charge in [-0.05, 0) is 43.9 Å². The van der Waals surface area contributed by atoms with Gasteiger partial charge in [0.2, 0.25) is 0 Å². The molecule has 0 amide bonds. The molecule has 2 fully saturated rings. The van der Waals surface area contributed by atoms with Crippen molar-refractivity contribution in [1.29, 1.82) is 0 Å². The monoisotopic (exact) mass is 368 g/mol. The van der Waals surface area contributed by atoms with Crippen LogP contribution in [0.5, 0.6) is 0 Å². The van der Waals surface area contributed by atoms with Crippen molar-refractivity contribution < 1.29 is 4.39 Å². The average molecular weight is 368 g/mol. The van der Waals surface area contributed by atoms with E-state index in [1.165, 1.54) is 23.1 Å². The first kappa shape index (κ1) is 16.4.